The Morgan fingerprint density at radius 3 is 2.65 bits per heavy atom. The van der Waals surface area contributed by atoms with Crippen LogP contribution in [0.1, 0.15) is 26.3 Å². The van der Waals surface area contributed by atoms with Gasteiger partial charge in [-0.05, 0) is 20.8 Å². The summed E-state index contributed by atoms with van der Waals surface area (Å²) in [7, 11) is 0. The molecule has 2 atom stereocenters. The Labute approximate surface area is 119 Å². The number of rotatable bonds is 6. The Morgan fingerprint density at radius 2 is 2.10 bits per heavy atom. The molecule has 2 unspecified atom stereocenters. The molecule has 0 fully saturated rings. The molecule has 1 aromatic rings. The third kappa shape index (κ3) is 4.35. The van der Waals surface area contributed by atoms with Crippen LogP contribution in [0.25, 0.3) is 0 Å². The van der Waals surface area contributed by atoms with Gasteiger partial charge in [-0.1, -0.05) is 30.3 Å². The molecular formula is C15H21NO4. The maximum Gasteiger partial charge on any atom is 0.338 e. The van der Waals surface area contributed by atoms with Crippen molar-refractivity contribution in [2.75, 3.05) is 6.61 Å². The number of hydroxylamine groups is 1. The Balaban J connectivity index is 2.74. The topological polar surface area (TPSA) is 72.6 Å². The fourth-order valence-corrected chi connectivity index (χ4v) is 1.67. The van der Waals surface area contributed by atoms with Gasteiger partial charge in [0.25, 0.3) is 0 Å². The van der Waals surface area contributed by atoms with Gasteiger partial charge in [-0.25, -0.2) is 9.53 Å². The predicted molar refractivity (Wildman–Crippen MR) is 76.3 cm³/mol. The first-order chi connectivity index (χ1) is 9.37. The zero-order valence-corrected chi connectivity index (χ0v) is 12.1. The van der Waals surface area contributed by atoms with Crippen LogP contribution in [-0.4, -0.2) is 34.2 Å². The third-order valence-electron chi connectivity index (χ3n) is 3.15. The van der Waals surface area contributed by atoms with E-state index in [2.05, 4.69) is 0 Å². The summed E-state index contributed by atoms with van der Waals surface area (Å²) in [5.41, 5.74) is -0.850. The SMILES string of the molecule is CCOC(=O)C(C)(O)C(C)/C=[N+](\[O-])Cc1ccccc1. The molecular weight excluding hydrogens is 258 g/mol. The molecule has 0 aliphatic rings. The summed E-state index contributed by atoms with van der Waals surface area (Å²) in [4.78, 5) is 11.6. The van der Waals surface area contributed by atoms with E-state index in [1.54, 1.807) is 13.8 Å². The molecule has 5 heteroatoms. The highest BCUT2D eigenvalue weighted by Crippen LogP contribution is 2.17. The first kappa shape index (κ1) is 16.2. The molecule has 0 aliphatic heterocycles. The lowest BCUT2D eigenvalue weighted by molar-refractivity contribution is -0.472. The standard InChI is InChI=1S/C15H21NO4/c1-4-20-14(17)15(3,18)12(2)10-16(19)11-13-8-6-5-7-9-13/h5-10,12,18H,4,11H2,1-3H3/b16-10-. The molecule has 20 heavy (non-hydrogen) atoms. The summed E-state index contributed by atoms with van der Waals surface area (Å²) in [6.45, 7) is 4.98. The van der Waals surface area contributed by atoms with Crippen LogP contribution in [0.15, 0.2) is 30.3 Å². The quantitative estimate of drug-likeness (QED) is 0.283. The minimum atomic E-state index is -1.71. The van der Waals surface area contributed by atoms with Crippen molar-refractivity contribution in [3.05, 3.63) is 41.1 Å². The van der Waals surface area contributed by atoms with E-state index in [0.29, 0.717) is 4.74 Å². The smallest absolute Gasteiger partial charge is 0.338 e. The Hall–Kier alpha value is -1.88. The number of benzene rings is 1. The average molecular weight is 279 g/mol. The van der Waals surface area contributed by atoms with Gasteiger partial charge in [-0.2, -0.15) is 0 Å². The lowest BCUT2D eigenvalue weighted by atomic mass is 9.92. The zero-order valence-electron chi connectivity index (χ0n) is 12.1. The lowest BCUT2D eigenvalue weighted by Gasteiger charge is -2.24. The van der Waals surface area contributed by atoms with Crippen LogP contribution in [-0.2, 0) is 16.1 Å². The van der Waals surface area contributed by atoms with Gasteiger partial charge in [0.15, 0.2) is 18.4 Å². The molecule has 0 saturated carbocycles. The highest BCUT2D eigenvalue weighted by Gasteiger charge is 2.39. The van der Waals surface area contributed by atoms with E-state index in [-0.39, 0.29) is 13.2 Å². The molecule has 1 rings (SSSR count). The van der Waals surface area contributed by atoms with Crippen molar-refractivity contribution in [1.29, 1.82) is 0 Å². The van der Waals surface area contributed by atoms with Crippen LogP contribution >= 0.6 is 0 Å². The molecule has 0 heterocycles. The molecule has 0 aromatic heterocycles. The minimum Gasteiger partial charge on any atom is -0.624 e. The van der Waals surface area contributed by atoms with Gasteiger partial charge in [0.1, 0.15) is 0 Å². The van der Waals surface area contributed by atoms with Gasteiger partial charge >= 0.3 is 5.97 Å². The van der Waals surface area contributed by atoms with Crippen molar-refractivity contribution in [1.82, 2.24) is 0 Å². The largest absolute Gasteiger partial charge is 0.624 e. The van der Waals surface area contributed by atoms with E-state index in [9.17, 15) is 15.1 Å². The lowest BCUT2D eigenvalue weighted by Crippen LogP contribution is -2.44. The van der Waals surface area contributed by atoms with Crippen molar-refractivity contribution in [3.63, 3.8) is 0 Å². The Bertz CT molecular complexity index is 468. The second-order valence-corrected chi connectivity index (χ2v) is 4.87. The first-order valence-electron chi connectivity index (χ1n) is 6.60. The van der Waals surface area contributed by atoms with Gasteiger partial charge in [0.05, 0.1) is 12.5 Å². The number of hydrogen-bond acceptors (Lipinski definition) is 4. The number of hydrogen-bond donors (Lipinski definition) is 1. The van der Waals surface area contributed by atoms with Crippen molar-refractivity contribution in [3.8, 4) is 0 Å². The summed E-state index contributed by atoms with van der Waals surface area (Å²) in [5.74, 6) is -1.38. The Morgan fingerprint density at radius 1 is 1.50 bits per heavy atom. The number of aliphatic hydroxyl groups is 1. The van der Waals surface area contributed by atoms with Crippen LogP contribution in [0.4, 0.5) is 0 Å². The van der Waals surface area contributed by atoms with Crippen LogP contribution in [0.2, 0.25) is 0 Å². The molecule has 0 radical (unpaired) electrons. The van der Waals surface area contributed by atoms with Gasteiger partial charge in [-0.3, -0.25) is 0 Å². The van der Waals surface area contributed by atoms with E-state index in [1.807, 2.05) is 30.3 Å². The molecule has 1 N–H and O–H groups in total. The Kier molecular flexibility index (Phi) is 5.70. The molecule has 1 aromatic carbocycles. The zero-order chi connectivity index (χ0) is 15.2. The van der Waals surface area contributed by atoms with Crippen molar-refractivity contribution in [2.24, 2.45) is 5.92 Å². The normalized spacial score (nSPS) is 16.3. The van der Waals surface area contributed by atoms with Gasteiger partial charge in [0, 0.05) is 5.56 Å². The van der Waals surface area contributed by atoms with E-state index >= 15 is 0 Å². The molecule has 0 spiro atoms. The minimum absolute atomic E-state index is 0.171. The maximum absolute atomic E-state index is 11.8. The van der Waals surface area contributed by atoms with Crippen LogP contribution in [0.3, 0.4) is 0 Å². The van der Waals surface area contributed by atoms with Gasteiger partial charge in [-0.15, -0.1) is 0 Å². The number of ether oxygens (including phenoxy) is 1. The molecule has 0 amide bonds. The summed E-state index contributed by atoms with van der Waals surface area (Å²) < 4.78 is 5.51. The fraction of sp³-hybridized carbons (Fsp3) is 0.467. The first-order valence-corrected chi connectivity index (χ1v) is 6.60. The van der Waals surface area contributed by atoms with Gasteiger partial charge in [0.2, 0.25) is 0 Å². The number of carbonyl (C=O) groups excluding carboxylic acids is 1. The molecule has 5 nitrogen and oxygen atoms in total. The van der Waals surface area contributed by atoms with Crippen molar-refractivity contribution < 1.29 is 19.4 Å². The summed E-state index contributed by atoms with van der Waals surface area (Å²) in [6, 6.07) is 9.25. The van der Waals surface area contributed by atoms with Crippen molar-refractivity contribution in [2.45, 2.75) is 32.9 Å². The number of nitrogens with zero attached hydrogens (tertiary/aromatic N) is 1. The third-order valence-corrected chi connectivity index (χ3v) is 3.15. The van der Waals surface area contributed by atoms with Crippen molar-refractivity contribution >= 4 is 12.2 Å². The fourth-order valence-electron chi connectivity index (χ4n) is 1.67. The monoisotopic (exact) mass is 279 g/mol. The van der Waals surface area contributed by atoms with E-state index < -0.39 is 17.5 Å². The highest BCUT2D eigenvalue weighted by atomic mass is 16.5. The second kappa shape index (κ2) is 7.05. The van der Waals surface area contributed by atoms with Crippen LogP contribution < -0.4 is 0 Å². The van der Waals surface area contributed by atoms with E-state index in [0.717, 1.165) is 5.56 Å². The highest BCUT2D eigenvalue weighted by molar-refractivity contribution is 5.83. The predicted octanol–water partition coefficient (Wildman–Crippen LogP) is 1.72. The molecule has 110 valence electrons. The number of esters is 1. The molecule has 0 saturated heterocycles. The van der Waals surface area contributed by atoms with Gasteiger partial charge < -0.3 is 15.1 Å². The average Bonchev–Trinajstić information content (AvgIpc) is 2.39. The summed E-state index contributed by atoms with van der Waals surface area (Å²) in [6.07, 6.45) is 1.30. The maximum atomic E-state index is 11.8. The number of carbonyl (C=O) groups is 1. The summed E-state index contributed by atoms with van der Waals surface area (Å²) in [5, 5.41) is 22.0. The summed E-state index contributed by atoms with van der Waals surface area (Å²) >= 11 is 0. The molecule has 0 bridgehead atoms. The molecule has 0 aliphatic carbocycles. The second-order valence-electron chi connectivity index (χ2n) is 4.87. The van der Waals surface area contributed by atoms with Crippen LogP contribution in [0.5, 0.6) is 0 Å². The van der Waals surface area contributed by atoms with E-state index in [1.165, 1.54) is 13.1 Å². The van der Waals surface area contributed by atoms with E-state index in [4.69, 9.17) is 4.74 Å². The van der Waals surface area contributed by atoms with Crippen LogP contribution in [0, 0.1) is 11.1 Å².